The molecule has 1 aliphatic carbocycles. The second-order valence-corrected chi connectivity index (χ2v) is 6.70. The van der Waals surface area contributed by atoms with Crippen LogP contribution in [0.15, 0.2) is 24.3 Å². The summed E-state index contributed by atoms with van der Waals surface area (Å²) < 4.78 is 0. The number of β-amino-alcohol motifs (C(OH)–C–C–N with tert-alkyl or cyclic N) is 1. The van der Waals surface area contributed by atoms with Crippen LogP contribution >= 0.6 is 12.4 Å². The van der Waals surface area contributed by atoms with Crippen molar-refractivity contribution < 1.29 is 9.90 Å². The molecule has 0 bridgehead atoms. The van der Waals surface area contributed by atoms with E-state index < -0.39 is 0 Å². The van der Waals surface area contributed by atoms with Crippen LogP contribution in [0.3, 0.4) is 0 Å². The molecule has 22 heavy (non-hydrogen) atoms. The molecule has 2 aliphatic rings. The molecule has 3 rings (SSSR count). The predicted octanol–water partition coefficient (Wildman–Crippen LogP) is 1.30. The molecule has 1 aliphatic heterocycles. The number of halogens is 1. The summed E-state index contributed by atoms with van der Waals surface area (Å²) in [7, 11) is 0. The van der Waals surface area contributed by atoms with E-state index in [1.807, 2.05) is 6.07 Å². The van der Waals surface area contributed by atoms with E-state index in [-0.39, 0.29) is 35.8 Å². The molecule has 5 heteroatoms. The van der Waals surface area contributed by atoms with Gasteiger partial charge in [-0.1, -0.05) is 31.2 Å². The smallest absolute Gasteiger partial charge is 0.226 e. The summed E-state index contributed by atoms with van der Waals surface area (Å²) in [5.74, 6) is 0.254. The van der Waals surface area contributed by atoms with Crippen molar-refractivity contribution in [3.63, 3.8) is 0 Å². The Labute approximate surface area is 138 Å². The van der Waals surface area contributed by atoms with E-state index >= 15 is 0 Å². The maximum Gasteiger partial charge on any atom is 0.226 e. The molecular formula is C17H25ClN2O2. The predicted molar refractivity (Wildman–Crippen MR) is 89.2 cm³/mol. The van der Waals surface area contributed by atoms with Crippen molar-refractivity contribution in [3.8, 4) is 0 Å². The van der Waals surface area contributed by atoms with Crippen molar-refractivity contribution in [2.45, 2.75) is 32.3 Å². The van der Waals surface area contributed by atoms with Crippen LogP contribution in [0.25, 0.3) is 0 Å². The molecule has 3 N–H and O–H groups in total. The highest BCUT2D eigenvalue weighted by atomic mass is 35.5. The van der Waals surface area contributed by atoms with Gasteiger partial charge in [-0.05, 0) is 30.4 Å². The minimum atomic E-state index is -0.342. The Morgan fingerprint density at radius 1 is 1.36 bits per heavy atom. The highest BCUT2D eigenvalue weighted by molar-refractivity contribution is 5.85. The largest absolute Gasteiger partial charge is 0.391 e. The van der Waals surface area contributed by atoms with Gasteiger partial charge in [-0.15, -0.1) is 12.4 Å². The van der Waals surface area contributed by atoms with Crippen LogP contribution in [0.4, 0.5) is 0 Å². The summed E-state index contributed by atoms with van der Waals surface area (Å²) in [5, 5.41) is 16.0. The first-order chi connectivity index (χ1) is 10.1. The van der Waals surface area contributed by atoms with Crippen molar-refractivity contribution in [3.05, 3.63) is 35.4 Å². The molecule has 1 aromatic rings. The van der Waals surface area contributed by atoms with Gasteiger partial charge in [0.25, 0.3) is 0 Å². The van der Waals surface area contributed by atoms with Gasteiger partial charge in [0.05, 0.1) is 11.5 Å². The lowest BCUT2D eigenvalue weighted by Crippen LogP contribution is -2.45. The Balaban J connectivity index is 0.00000176. The zero-order valence-corrected chi connectivity index (χ0v) is 13.8. The monoisotopic (exact) mass is 324 g/mol. The van der Waals surface area contributed by atoms with E-state index in [0.29, 0.717) is 13.1 Å². The Hall–Kier alpha value is -1.10. The number of hydrogen-bond acceptors (Lipinski definition) is 3. The Kier molecular flexibility index (Phi) is 5.48. The Morgan fingerprint density at radius 2 is 2.09 bits per heavy atom. The normalized spacial score (nSPS) is 30.3. The average Bonchev–Trinajstić information content (AvgIpc) is 2.90. The number of fused-ring (bicyclic) bond motifs is 1. The van der Waals surface area contributed by atoms with Gasteiger partial charge in [0, 0.05) is 25.6 Å². The molecule has 3 atom stereocenters. The topological polar surface area (TPSA) is 61.4 Å². The number of carbonyl (C=O) groups is 1. The highest BCUT2D eigenvalue weighted by Gasteiger charge is 2.37. The lowest BCUT2D eigenvalue weighted by Gasteiger charge is -2.34. The fourth-order valence-electron chi connectivity index (χ4n) is 3.45. The van der Waals surface area contributed by atoms with Crippen molar-refractivity contribution in [1.82, 2.24) is 10.6 Å². The van der Waals surface area contributed by atoms with E-state index in [4.69, 9.17) is 0 Å². The van der Waals surface area contributed by atoms with E-state index in [2.05, 4.69) is 35.8 Å². The zero-order chi connectivity index (χ0) is 14.9. The van der Waals surface area contributed by atoms with Crippen molar-refractivity contribution in [2.75, 3.05) is 19.6 Å². The molecule has 0 aromatic heterocycles. The van der Waals surface area contributed by atoms with E-state index in [0.717, 1.165) is 25.8 Å². The van der Waals surface area contributed by atoms with Crippen molar-refractivity contribution in [2.24, 2.45) is 11.3 Å². The summed E-state index contributed by atoms with van der Waals surface area (Å²) in [5.41, 5.74) is 2.34. The highest BCUT2D eigenvalue weighted by Crippen LogP contribution is 2.35. The first-order valence-corrected chi connectivity index (χ1v) is 7.82. The first kappa shape index (κ1) is 17.3. The van der Waals surface area contributed by atoms with Crippen LogP contribution in [0.2, 0.25) is 0 Å². The SMILES string of the molecule is CC1(C(=O)NCC2CNCC2O)CCc2ccccc2C1.Cl. The van der Waals surface area contributed by atoms with Crippen LogP contribution in [-0.2, 0) is 17.6 Å². The summed E-state index contributed by atoms with van der Waals surface area (Å²) in [6.07, 6.45) is 2.32. The van der Waals surface area contributed by atoms with E-state index in [1.165, 1.54) is 11.1 Å². The standard InChI is InChI=1S/C17H24N2O2.ClH/c1-17(7-6-12-4-2-3-5-13(12)8-17)16(21)19-10-14-9-18-11-15(14)20;/h2-5,14-15,18,20H,6-11H2,1H3,(H,19,21);1H. The number of hydrogen-bond donors (Lipinski definition) is 3. The molecule has 1 amide bonds. The van der Waals surface area contributed by atoms with Crippen LogP contribution < -0.4 is 10.6 Å². The number of rotatable bonds is 3. The zero-order valence-electron chi connectivity index (χ0n) is 13.0. The number of benzene rings is 1. The Morgan fingerprint density at radius 3 is 2.77 bits per heavy atom. The molecule has 1 fully saturated rings. The third-order valence-electron chi connectivity index (χ3n) is 5.02. The molecule has 1 aromatic carbocycles. The summed E-state index contributed by atoms with van der Waals surface area (Å²) in [6, 6.07) is 8.40. The molecular weight excluding hydrogens is 300 g/mol. The number of amides is 1. The number of aryl methyl sites for hydroxylation is 1. The average molecular weight is 325 g/mol. The summed E-state index contributed by atoms with van der Waals surface area (Å²) in [6.45, 7) is 4.03. The maximum atomic E-state index is 12.6. The molecule has 0 radical (unpaired) electrons. The number of aliphatic hydroxyl groups excluding tert-OH is 1. The number of aliphatic hydroxyl groups is 1. The number of carbonyl (C=O) groups excluding carboxylic acids is 1. The lowest BCUT2D eigenvalue weighted by atomic mass is 9.72. The fourth-order valence-corrected chi connectivity index (χ4v) is 3.45. The number of nitrogens with one attached hydrogen (secondary N) is 2. The summed E-state index contributed by atoms with van der Waals surface area (Å²) >= 11 is 0. The second-order valence-electron chi connectivity index (χ2n) is 6.70. The third-order valence-corrected chi connectivity index (χ3v) is 5.02. The minimum absolute atomic E-state index is 0. The van der Waals surface area contributed by atoms with Crippen LogP contribution in [-0.4, -0.2) is 36.8 Å². The van der Waals surface area contributed by atoms with E-state index in [1.54, 1.807) is 0 Å². The lowest BCUT2D eigenvalue weighted by molar-refractivity contribution is -0.131. The van der Waals surface area contributed by atoms with Gasteiger partial charge >= 0.3 is 0 Å². The van der Waals surface area contributed by atoms with Crippen LogP contribution in [0.5, 0.6) is 0 Å². The van der Waals surface area contributed by atoms with Gasteiger partial charge in [-0.25, -0.2) is 0 Å². The quantitative estimate of drug-likeness (QED) is 0.785. The molecule has 1 heterocycles. The minimum Gasteiger partial charge on any atom is -0.391 e. The van der Waals surface area contributed by atoms with Crippen LogP contribution in [0, 0.1) is 11.3 Å². The summed E-state index contributed by atoms with van der Waals surface area (Å²) in [4.78, 5) is 12.6. The van der Waals surface area contributed by atoms with Crippen molar-refractivity contribution >= 4 is 18.3 Å². The van der Waals surface area contributed by atoms with Gasteiger partial charge in [-0.2, -0.15) is 0 Å². The van der Waals surface area contributed by atoms with Gasteiger partial charge in [0.15, 0.2) is 0 Å². The van der Waals surface area contributed by atoms with Gasteiger partial charge in [0.2, 0.25) is 5.91 Å². The van der Waals surface area contributed by atoms with Crippen LogP contribution in [0.1, 0.15) is 24.5 Å². The molecule has 0 spiro atoms. The molecule has 0 saturated carbocycles. The fraction of sp³-hybridized carbons (Fsp3) is 0.588. The van der Waals surface area contributed by atoms with Gasteiger partial charge in [-0.3, -0.25) is 4.79 Å². The van der Waals surface area contributed by atoms with Gasteiger partial charge in [0.1, 0.15) is 0 Å². The first-order valence-electron chi connectivity index (χ1n) is 7.82. The second kappa shape index (κ2) is 6.99. The molecule has 1 saturated heterocycles. The Bertz CT molecular complexity index is 537. The molecule has 3 unspecified atom stereocenters. The van der Waals surface area contributed by atoms with E-state index in [9.17, 15) is 9.90 Å². The van der Waals surface area contributed by atoms with Gasteiger partial charge < -0.3 is 15.7 Å². The molecule has 4 nitrogen and oxygen atoms in total. The maximum absolute atomic E-state index is 12.6. The van der Waals surface area contributed by atoms with Crippen molar-refractivity contribution in [1.29, 1.82) is 0 Å². The third kappa shape index (κ3) is 3.45. The molecule has 122 valence electrons.